The Morgan fingerprint density at radius 2 is 1.89 bits per heavy atom. The van der Waals surface area contributed by atoms with Crippen molar-refractivity contribution in [3.63, 3.8) is 0 Å². The van der Waals surface area contributed by atoms with Gasteiger partial charge in [-0.2, -0.15) is 0 Å². The summed E-state index contributed by atoms with van der Waals surface area (Å²) in [6.07, 6.45) is 2.01. The molecule has 1 aromatic heterocycles. The van der Waals surface area contributed by atoms with Crippen molar-refractivity contribution >= 4 is 34.5 Å². The van der Waals surface area contributed by atoms with Crippen LogP contribution in [0.25, 0.3) is 10.6 Å². The Hall–Kier alpha value is -0.680. The molecule has 0 aliphatic rings. The summed E-state index contributed by atoms with van der Waals surface area (Å²) in [5, 5.41) is 14.7. The third-order valence-electron chi connectivity index (χ3n) is 2.59. The van der Waals surface area contributed by atoms with Crippen molar-refractivity contribution in [1.29, 1.82) is 0 Å². The van der Waals surface area contributed by atoms with Crippen LogP contribution in [-0.4, -0.2) is 23.3 Å². The van der Waals surface area contributed by atoms with E-state index in [2.05, 4.69) is 22.4 Å². The zero-order valence-corrected chi connectivity index (χ0v) is 12.9. The first-order valence-corrected chi connectivity index (χ1v) is 7.77. The van der Waals surface area contributed by atoms with Gasteiger partial charge in [0.05, 0.1) is 10.0 Å². The van der Waals surface area contributed by atoms with Gasteiger partial charge in [0, 0.05) is 18.5 Å². The van der Waals surface area contributed by atoms with E-state index >= 15 is 0 Å². The van der Waals surface area contributed by atoms with E-state index in [4.69, 9.17) is 23.2 Å². The molecular formula is C13H15Cl2N3S. The predicted molar refractivity (Wildman–Crippen MR) is 82.2 cm³/mol. The van der Waals surface area contributed by atoms with Crippen LogP contribution >= 0.6 is 34.5 Å². The number of nitrogens with one attached hydrogen (secondary N) is 1. The van der Waals surface area contributed by atoms with Crippen LogP contribution < -0.4 is 5.32 Å². The summed E-state index contributed by atoms with van der Waals surface area (Å²) in [6, 6.07) is 5.45. The minimum Gasteiger partial charge on any atom is -0.316 e. The molecule has 102 valence electrons. The van der Waals surface area contributed by atoms with E-state index in [1.54, 1.807) is 11.3 Å². The van der Waals surface area contributed by atoms with Gasteiger partial charge in [0.25, 0.3) is 0 Å². The fourth-order valence-corrected chi connectivity index (χ4v) is 3.26. The smallest absolute Gasteiger partial charge is 0.150 e. The van der Waals surface area contributed by atoms with Gasteiger partial charge in [0.2, 0.25) is 0 Å². The predicted octanol–water partition coefficient (Wildman–Crippen LogP) is 4.05. The molecule has 0 radical (unpaired) electrons. The van der Waals surface area contributed by atoms with Gasteiger partial charge in [-0.1, -0.05) is 47.5 Å². The normalized spacial score (nSPS) is 10.9. The Labute approximate surface area is 127 Å². The second-order valence-electron chi connectivity index (χ2n) is 4.10. The van der Waals surface area contributed by atoms with Gasteiger partial charge in [-0.3, -0.25) is 0 Å². The van der Waals surface area contributed by atoms with Crippen LogP contribution in [0.1, 0.15) is 18.4 Å². The molecule has 0 saturated carbocycles. The van der Waals surface area contributed by atoms with E-state index in [1.807, 2.05) is 18.2 Å². The summed E-state index contributed by atoms with van der Waals surface area (Å²) in [4.78, 5) is 0. The summed E-state index contributed by atoms with van der Waals surface area (Å²) in [7, 11) is 0. The molecule has 1 heterocycles. The first-order valence-electron chi connectivity index (χ1n) is 6.20. The number of hydrogen-bond acceptors (Lipinski definition) is 4. The van der Waals surface area contributed by atoms with Gasteiger partial charge in [0.15, 0.2) is 5.01 Å². The molecule has 0 bridgehead atoms. The number of halogens is 2. The molecule has 0 saturated heterocycles. The van der Waals surface area contributed by atoms with E-state index < -0.39 is 0 Å². The molecule has 0 fully saturated rings. The van der Waals surface area contributed by atoms with Crippen LogP contribution in [-0.2, 0) is 6.42 Å². The Bertz CT molecular complexity index is 522. The topological polar surface area (TPSA) is 37.8 Å². The first kappa shape index (κ1) is 14.7. The van der Waals surface area contributed by atoms with Crippen molar-refractivity contribution in [1.82, 2.24) is 15.5 Å². The minimum absolute atomic E-state index is 0.610. The molecule has 0 spiro atoms. The number of hydrogen-bond donors (Lipinski definition) is 1. The maximum atomic E-state index is 6.16. The Morgan fingerprint density at radius 3 is 2.58 bits per heavy atom. The number of nitrogens with zero attached hydrogens (tertiary/aromatic N) is 2. The highest BCUT2D eigenvalue weighted by Crippen LogP contribution is 2.36. The van der Waals surface area contributed by atoms with Crippen LogP contribution in [0.3, 0.4) is 0 Å². The standard InChI is InChI=1S/C13H15Cl2N3S/c1-2-7-16-8-6-11-17-18-13(19-11)12-9(14)4-3-5-10(12)15/h3-5,16H,2,6-8H2,1H3. The van der Waals surface area contributed by atoms with E-state index in [9.17, 15) is 0 Å². The molecule has 2 rings (SSSR count). The lowest BCUT2D eigenvalue weighted by Crippen LogP contribution is -2.17. The molecule has 1 N–H and O–H groups in total. The van der Waals surface area contributed by atoms with E-state index in [1.165, 1.54) is 0 Å². The lowest BCUT2D eigenvalue weighted by molar-refractivity contribution is 0.668. The zero-order chi connectivity index (χ0) is 13.7. The van der Waals surface area contributed by atoms with Gasteiger partial charge >= 0.3 is 0 Å². The molecule has 2 aromatic rings. The molecule has 19 heavy (non-hydrogen) atoms. The summed E-state index contributed by atoms with van der Waals surface area (Å²) in [6.45, 7) is 4.09. The van der Waals surface area contributed by atoms with Crippen LogP contribution in [0, 0.1) is 0 Å². The first-order chi connectivity index (χ1) is 9.22. The maximum Gasteiger partial charge on any atom is 0.150 e. The van der Waals surface area contributed by atoms with Crippen LogP contribution in [0.15, 0.2) is 18.2 Å². The highest BCUT2D eigenvalue weighted by atomic mass is 35.5. The third-order valence-corrected chi connectivity index (χ3v) is 4.22. The van der Waals surface area contributed by atoms with Crippen molar-refractivity contribution in [2.75, 3.05) is 13.1 Å². The van der Waals surface area contributed by atoms with Crippen LogP contribution in [0.2, 0.25) is 10.0 Å². The average Bonchev–Trinajstić information content (AvgIpc) is 2.83. The number of aromatic nitrogens is 2. The molecule has 1 aromatic carbocycles. The zero-order valence-electron chi connectivity index (χ0n) is 10.6. The lowest BCUT2D eigenvalue weighted by Gasteiger charge is -2.01. The molecule has 0 unspecified atom stereocenters. The van der Waals surface area contributed by atoms with Crippen molar-refractivity contribution in [3.8, 4) is 10.6 Å². The highest BCUT2D eigenvalue weighted by Gasteiger charge is 2.13. The largest absolute Gasteiger partial charge is 0.316 e. The highest BCUT2D eigenvalue weighted by molar-refractivity contribution is 7.14. The van der Waals surface area contributed by atoms with E-state index in [-0.39, 0.29) is 0 Å². The third kappa shape index (κ3) is 3.89. The Kier molecular flexibility index (Phi) is 5.58. The molecule has 6 heteroatoms. The monoisotopic (exact) mass is 315 g/mol. The molecule has 0 atom stereocenters. The quantitative estimate of drug-likeness (QED) is 0.817. The summed E-state index contributed by atoms with van der Waals surface area (Å²) >= 11 is 13.9. The average molecular weight is 316 g/mol. The fraction of sp³-hybridized carbons (Fsp3) is 0.385. The van der Waals surface area contributed by atoms with Gasteiger partial charge in [-0.05, 0) is 25.1 Å². The molecule has 3 nitrogen and oxygen atoms in total. The van der Waals surface area contributed by atoms with Gasteiger partial charge in [0.1, 0.15) is 5.01 Å². The second-order valence-corrected chi connectivity index (χ2v) is 5.97. The number of rotatable bonds is 6. The Morgan fingerprint density at radius 1 is 1.16 bits per heavy atom. The van der Waals surface area contributed by atoms with E-state index in [0.717, 1.165) is 41.5 Å². The summed E-state index contributed by atoms with van der Waals surface area (Å²) < 4.78 is 0. The summed E-state index contributed by atoms with van der Waals surface area (Å²) in [5.41, 5.74) is 0.774. The molecule has 0 aliphatic carbocycles. The minimum atomic E-state index is 0.610. The Balaban J connectivity index is 2.08. The molecule has 0 aliphatic heterocycles. The van der Waals surface area contributed by atoms with Crippen molar-refractivity contribution < 1.29 is 0 Å². The van der Waals surface area contributed by atoms with E-state index in [0.29, 0.717) is 10.0 Å². The van der Waals surface area contributed by atoms with Gasteiger partial charge in [-0.25, -0.2) is 0 Å². The van der Waals surface area contributed by atoms with Crippen molar-refractivity contribution in [2.45, 2.75) is 19.8 Å². The fourth-order valence-electron chi connectivity index (χ4n) is 1.65. The van der Waals surface area contributed by atoms with Gasteiger partial charge in [-0.15, -0.1) is 10.2 Å². The molecular weight excluding hydrogens is 301 g/mol. The molecule has 0 amide bonds. The summed E-state index contributed by atoms with van der Waals surface area (Å²) in [5.74, 6) is 0. The second kappa shape index (κ2) is 7.20. The number of benzene rings is 1. The van der Waals surface area contributed by atoms with Gasteiger partial charge < -0.3 is 5.32 Å². The lowest BCUT2D eigenvalue weighted by atomic mass is 10.2. The van der Waals surface area contributed by atoms with Crippen LogP contribution in [0.5, 0.6) is 0 Å². The SMILES string of the molecule is CCCNCCc1nnc(-c2c(Cl)cccc2Cl)s1. The van der Waals surface area contributed by atoms with Crippen LogP contribution in [0.4, 0.5) is 0 Å². The maximum absolute atomic E-state index is 6.16. The van der Waals surface area contributed by atoms with Crippen molar-refractivity contribution in [3.05, 3.63) is 33.3 Å². The van der Waals surface area contributed by atoms with Crippen molar-refractivity contribution in [2.24, 2.45) is 0 Å².